The SMILES string of the molecule is C/C=C\CC(C(C)=O)C(=O)OCC. The van der Waals surface area contributed by atoms with Crippen LogP contribution in [0, 0.1) is 5.92 Å². The van der Waals surface area contributed by atoms with Gasteiger partial charge in [-0.3, -0.25) is 9.59 Å². The van der Waals surface area contributed by atoms with Gasteiger partial charge in [0.2, 0.25) is 0 Å². The maximum Gasteiger partial charge on any atom is 0.316 e. The van der Waals surface area contributed by atoms with Gasteiger partial charge >= 0.3 is 5.97 Å². The van der Waals surface area contributed by atoms with Crippen LogP contribution in [-0.2, 0) is 14.3 Å². The molecule has 0 amide bonds. The average Bonchev–Trinajstić information content (AvgIpc) is 2.05. The molecule has 3 nitrogen and oxygen atoms in total. The summed E-state index contributed by atoms with van der Waals surface area (Å²) in [6, 6.07) is 0. The second-order valence-electron chi connectivity index (χ2n) is 2.72. The van der Waals surface area contributed by atoms with Gasteiger partial charge < -0.3 is 4.74 Å². The molecule has 0 aromatic rings. The van der Waals surface area contributed by atoms with Crippen LogP contribution in [0.25, 0.3) is 0 Å². The van der Waals surface area contributed by atoms with E-state index in [1.165, 1.54) is 6.92 Å². The van der Waals surface area contributed by atoms with Crippen molar-refractivity contribution in [1.82, 2.24) is 0 Å². The molecule has 0 bridgehead atoms. The monoisotopic (exact) mass is 184 g/mol. The third-order valence-electron chi connectivity index (χ3n) is 1.67. The van der Waals surface area contributed by atoms with Gasteiger partial charge in [0.15, 0.2) is 0 Å². The van der Waals surface area contributed by atoms with E-state index in [2.05, 4.69) is 0 Å². The van der Waals surface area contributed by atoms with Crippen molar-refractivity contribution in [3.05, 3.63) is 12.2 Å². The topological polar surface area (TPSA) is 43.4 Å². The number of hydrogen-bond donors (Lipinski definition) is 0. The maximum atomic E-state index is 11.2. The number of Topliss-reactive ketones (excluding diaryl/α,β-unsaturated/α-hetero) is 1. The van der Waals surface area contributed by atoms with Crippen LogP contribution in [0.15, 0.2) is 12.2 Å². The highest BCUT2D eigenvalue weighted by Crippen LogP contribution is 2.08. The van der Waals surface area contributed by atoms with Crippen LogP contribution in [0.2, 0.25) is 0 Å². The molecule has 1 unspecified atom stereocenters. The van der Waals surface area contributed by atoms with Gasteiger partial charge in [-0.25, -0.2) is 0 Å². The number of allylic oxidation sites excluding steroid dienone is 2. The van der Waals surface area contributed by atoms with Crippen LogP contribution in [0.1, 0.15) is 27.2 Å². The van der Waals surface area contributed by atoms with Gasteiger partial charge in [-0.05, 0) is 27.2 Å². The van der Waals surface area contributed by atoms with E-state index in [0.717, 1.165) is 0 Å². The number of ketones is 1. The van der Waals surface area contributed by atoms with Crippen molar-refractivity contribution >= 4 is 11.8 Å². The minimum atomic E-state index is -0.629. The third-order valence-corrected chi connectivity index (χ3v) is 1.67. The Kier molecular flexibility index (Phi) is 5.85. The molecule has 0 aromatic heterocycles. The summed E-state index contributed by atoms with van der Waals surface area (Å²) in [5, 5.41) is 0. The lowest BCUT2D eigenvalue weighted by Crippen LogP contribution is -2.23. The lowest BCUT2D eigenvalue weighted by atomic mass is 10.0. The molecule has 13 heavy (non-hydrogen) atoms. The quantitative estimate of drug-likeness (QED) is 0.371. The molecule has 0 spiro atoms. The molecular formula is C10H16O3. The highest BCUT2D eigenvalue weighted by atomic mass is 16.5. The first-order valence-corrected chi connectivity index (χ1v) is 4.41. The molecule has 0 aliphatic heterocycles. The fraction of sp³-hybridized carbons (Fsp3) is 0.600. The molecule has 0 rings (SSSR count). The van der Waals surface area contributed by atoms with Gasteiger partial charge in [-0.15, -0.1) is 0 Å². The summed E-state index contributed by atoms with van der Waals surface area (Å²) >= 11 is 0. The molecule has 0 saturated carbocycles. The van der Waals surface area contributed by atoms with Gasteiger partial charge in [0, 0.05) is 0 Å². The summed E-state index contributed by atoms with van der Waals surface area (Å²) < 4.78 is 4.77. The van der Waals surface area contributed by atoms with Crippen LogP contribution in [0.5, 0.6) is 0 Å². The van der Waals surface area contributed by atoms with E-state index in [4.69, 9.17) is 4.74 Å². The van der Waals surface area contributed by atoms with Gasteiger partial charge in [0.05, 0.1) is 6.61 Å². The van der Waals surface area contributed by atoms with Gasteiger partial charge in [-0.2, -0.15) is 0 Å². The first-order chi connectivity index (χ1) is 6.13. The van der Waals surface area contributed by atoms with Crippen molar-refractivity contribution in [3.8, 4) is 0 Å². The fourth-order valence-electron chi connectivity index (χ4n) is 0.943. The minimum absolute atomic E-state index is 0.142. The zero-order valence-corrected chi connectivity index (χ0v) is 8.37. The predicted molar refractivity (Wildman–Crippen MR) is 50.2 cm³/mol. The van der Waals surface area contributed by atoms with Crippen LogP contribution < -0.4 is 0 Å². The van der Waals surface area contributed by atoms with Crippen molar-refractivity contribution in [2.24, 2.45) is 5.92 Å². The summed E-state index contributed by atoms with van der Waals surface area (Å²) in [7, 11) is 0. The fourth-order valence-corrected chi connectivity index (χ4v) is 0.943. The molecule has 0 aromatic carbocycles. The minimum Gasteiger partial charge on any atom is -0.465 e. The summed E-state index contributed by atoms with van der Waals surface area (Å²) in [5.74, 6) is -1.19. The second-order valence-corrected chi connectivity index (χ2v) is 2.72. The Hall–Kier alpha value is -1.12. The number of ether oxygens (including phenoxy) is 1. The van der Waals surface area contributed by atoms with Crippen molar-refractivity contribution in [2.45, 2.75) is 27.2 Å². The number of hydrogen-bond acceptors (Lipinski definition) is 3. The molecule has 0 aliphatic rings. The van der Waals surface area contributed by atoms with E-state index < -0.39 is 11.9 Å². The van der Waals surface area contributed by atoms with Crippen molar-refractivity contribution < 1.29 is 14.3 Å². The van der Waals surface area contributed by atoms with Gasteiger partial charge in [0.1, 0.15) is 11.7 Å². The van der Waals surface area contributed by atoms with Crippen LogP contribution >= 0.6 is 0 Å². The van der Waals surface area contributed by atoms with Crippen molar-refractivity contribution in [3.63, 3.8) is 0 Å². The van der Waals surface area contributed by atoms with E-state index in [1.54, 1.807) is 13.0 Å². The first kappa shape index (κ1) is 11.9. The van der Waals surface area contributed by atoms with Crippen LogP contribution in [0.3, 0.4) is 0 Å². The lowest BCUT2D eigenvalue weighted by Gasteiger charge is -2.09. The first-order valence-electron chi connectivity index (χ1n) is 4.41. The molecule has 74 valence electrons. The number of carbonyl (C=O) groups excluding carboxylic acids is 2. The van der Waals surface area contributed by atoms with E-state index in [0.29, 0.717) is 13.0 Å². The molecule has 0 N–H and O–H groups in total. The molecule has 0 radical (unpaired) electrons. The van der Waals surface area contributed by atoms with Crippen molar-refractivity contribution in [1.29, 1.82) is 0 Å². The number of rotatable bonds is 5. The van der Waals surface area contributed by atoms with E-state index in [9.17, 15) is 9.59 Å². The van der Waals surface area contributed by atoms with Crippen molar-refractivity contribution in [2.75, 3.05) is 6.61 Å². The molecule has 0 fully saturated rings. The Balaban J connectivity index is 4.23. The summed E-state index contributed by atoms with van der Waals surface area (Å²) in [6.45, 7) is 5.30. The largest absolute Gasteiger partial charge is 0.465 e. The molecule has 0 aliphatic carbocycles. The Morgan fingerprint density at radius 1 is 1.46 bits per heavy atom. The Morgan fingerprint density at radius 3 is 2.46 bits per heavy atom. The maximum absolute atomic E-state index is 11.2. The molecule has 0 saturated heterocycles. The highest BCUT2D eigenvalue weighted by molar-refractivity contribution is 5.97. The summed E-state index contributed by atoms with van der Waals surface area (Å²) in [4.78, 5) is 22.2. The Bertz CT molecular complexity index is 206. The number of esters is 1. The molecular weight excluding hydrogens is 168 g/mol. The van der Waals surface area contributed by atoms with Crippen LogP contribution in [-0.4, -0.2) is 18.4 Å². The lowest BCUT2D eigenvalue weighted by molar-refractivity contribution is -0.150. The van der Waals surface area contributed by atoms with E-state index >= 15 is 0 Å². The third kappa shape index (κ3) is 4.45. The standard InChI is InChI=1S/C10H16O3/c1-4-6-7-9(8(3)11)10(12)13-5-2/h4,6,9H,5,7H2,1-3H3/b6-4-. The molecule has 0 heterocycles. The Labute approximate surface area is 78.8 Å². The summed E-state index contributed by atoms with van der Waals surface area (Å²) in [6.07, 6.45) is 4.04. The highest BCUT2D eigenvalue weighted by Gasteiger charge is 2.22. The zero-order valence-electron chi connectivity index (χ0n) is 8.37. The average molecular weight is 184 g/mol. The van der Waals surface area contributed by atoms with E-state index in [-0.39, 0.29) is 5.78 Å². The molecule has 3 heteroatoms. The van der Waals surface area contributed by atoms with E-state index in [1.807, 2.05) is 13.0 Å². The number of carbonyl (C=O) groups is 2. The van der Waals surface area contributed by atoms with Crippen LogP contribution in [0.4, 0.5) is 0 Å². The normalized spacial score (nSPS) is 12.8. The van der Waals surface area contributed by atoms with Gasteiger partial charge in [0.25, 0.3) is 0 Å². The Morgan fingerprint density at radius 2 is 2.08 bits per heavy atom. The second kappa shape index (κ2) is 6.40. The predicted octanol–water partition coefficient (Wildman–Crippen LogP) is 1.72. The smallest absolute Gasteiger partial charge is 0.316 e. The zero-order chi connectivity index (χ0) is 10.3. The summed E-state index contributed by atoms with van der Waals surface area (Å²) in [5.41, 5.74) is 0. The van der Waals surface area contributed by atoms with Gasteiger partial charge in [-0.1, -0.05) is 12.2 Å². The molecule has 1 atom stereocenters.